The zero-order chi connectivity index (χ0) is 9.78. The molecule has 0 saturated carbocycles. The highest BCUT2D eigenvalue weighted by molar-refractivity contribution is 8.14. The van der Waals surface area contributed by atoms with Crippen molar-refractivity contribution >= 4 is 19.7 Å². The van der Waals surface area contributed by atoms with Crippen LogP contribution in [0.15, 0.2) is 11.8 Å². The van der Waals surface area contributed by atoms with Crippen molar-refractivity contribution in [2.75, 3.05) is 0 Å². The molecule has 0 aliphatic rings. The zero-order valence-corrected chi connectivity index (χ0v) is 8.82. The highest BCUT2D eigenvalue weighted by atomic mass is 35.7. The maximum Gasteiger partial charge on any atom is 0.235 e. The average Bonchev–Trinajstić information content (AvgIpc) is 1.85. The minimum atomic E-state index is -3.46. The molecule has 5 heteroatoms. The summed E-state index contributed by atoms with van der Waals surface area (Å²) in [4.78, 5) is 0. The summed E-state index contributed by atoms with van der Waals surface area (Å²) < 4.78 is 21.5. The van der Waals surface area contributed by atoms with E-state index in [4.69, 9.17) is 16.4 Å². The fourth-order valence-corrected chi connectivity index (χ4v) is 1.36. The van der Waals surface area contributed by atoms with Gasteiger partial charge in [0.25, 0.3) is 0 Å². The molecule has 1 atom stereocenters. The van der Waals surface area contributed by atoms with Crippen LogP contribution in [-0.4, -0.2) is 13.7 Å². The molecule has 0 heterocycles. The van der Waals surface area contributed by atoms with E-state index in [9.17, 15) is 8.42 Å². The van der Waals surface area contributed by atoms with Crippen LogP contribution in [0, 0.1) is 0 Å². The number of halogens is 1. The quantitative estimate of drug-likeness (QED) is 0.719. The van der Waals surface area contributed by atoms with E-state index in [2.05, 4.69) is 0 Å². The van der Waals surface area contributed by atoms with Crippen LogP contribution < -0.4 is 5.73 Å². The normalized spacial score (nSPS) is 16.1. The molecule has 2 N–H and O–H groups in total. The van der Waals surface area contributed by atoms with E-state index in [0.717, 1.165) is 6.42 Å². The number of hydrogen-bond donors (Lipinski definition) is 1. The van der Waals surface area contributed by atoms with Crippen molar-refractivity contribution in [1.82, 2.24) is 0 Å². The number of nitrogens with two attached hydrogens (primary N) is 1. The first kappa shape index (κ1) is 11.8. The Morgan fingerprint density at radius 1 is 1.67 bits per heavy atom. The lowest BCUT2D eigenvalue weighted by atomic mass is 10.2. The van der Waals surface area contributed by atoms with E-state index in [-0.39, 0.29) is 0 Å². The van der Waals surface area contributed by atoms with Gasteiger partial charge >= 0.3 is 0 Å². The van der Waals surface area contributed by atoms with E-state index < -0.39 is 14.3 Å². The monoisotopic (exact) mass is 211 g/mol. The van der Waals surface area contributed by atoms with Gasteiger partial charge in [-0.05, 0) is 13.3 Å². The highest BCUT2D eigenvalue weighted by Gasteiger charge is 2.17. The van der Waals surface area contributed by atoms with Gasteiger partial charge in [0.15, 0.2) is 0 Å². The van der Waals surface area contributed by atoms with Crippen LogP contribution in [0.25, 0.3) is 0 Å². The van der Waals surface area contributed by atoms with E-state index in [0.29, 0.717) is 12.1 Å². The molecule has 0 aliphatic heterocycles. The predicted octanol–water partition coefficient (Wildman–Crippen LogP) is 1.59. The van der Waals surface area contributed by atoms with Crippen LogP contribution in [-0.2, 0) is 9.05 Å². The first-order chi connectivity index (χ1) is 5.38. The topological polar surface area (TPSA) is 60.2 Å². The molecule has 0 aliphatic carbocycles. The van der Waals surface area contributed by atoms with Crippen molar-refractivity contribution in [2.45, 2.75) is 31.9 Å². The molecule has 0 saturated heterocycles. The van der Waals surface area contributed by atoms with Gasteiger partial charge in [0.2, 0.25) is 9.05 Å². The Balaban J connectivity index is 4.20. The molecule has 72 valence electrons. The Hall–Kier alpha value is -0.220. The lowest BCUT2D eigenvalue weighted by Crippen LogP contribution is -2.15. The van der Waals surface area contributed by atoms with Gasteiger partial charge in [-0.3, -0.25) is 0 Å². The van der Waals surface area contributed by atoms with Crippen LogP contribution in [0.2, 0.25) is 0 Å². The van der Waals surface area contributed by atoms with E-state index >= 15 is 0 Å². The lowest BCUT2D eigenvalue weighted by Gasteiger charge is -2.06. The summed E-state index contributed by atoms with van der Waals surface area (Å²) >= 11 is 0. The lowest BCUT2D eigenvalue weighted by molar-refractivity contribution is 0.596. The summed E-state index contributed by atoms with van der Waals surface area (Å²) in [5.41, 5.74) is 6.10. The third-order valence-corrected chi connectivity index (χ3v) is 3.51. The molecular weight excluding hydrogens is 198 g/mol. The van der Waals surface area contributed by atoms with Gasteiger partial charge in [-0.2, -0.15) is 0 Å². The second-order valence-corrected chi connectivity index (χ2v) is 5.72. The number of rotatable bonds is 4. The summed E-state index contributed by atoms with van der Waals surface area (Å²) in [7, 11) is 1.65. The minimum absolute atomic E-state index is 0.305. The van der Waals surface area contributed by atoms with Crippen LogP contribution in [0.1, 0.15) is 26.7 Å². The molecule has 0 amide bonds. The zero-order valence-electron chi connectivity index (χ0n) is 7.25. The Morgan fingerprint density at radius 3 is 2.50 bits per heavy atom. The van der Waals surface area contributed by atoms with Crippen molar-refractivity contribution in [2.24, 2.45) is 5.73 Å². The van der Waals surface area contributed by atoms with Crippen molar-refractivity contribution in [1.29, 1.82) is 0 Å². The maximum absolute atomic E-state index is 10.8. The number of hydrogen-bond acceptors (Lipinski definition) is 3. The Kier molecular flexibility index (Phi) is 4.63. The highest BCUT2D eigenvalue weighted by Crippen LogP contribution is 2.13. The standard InChI is InChI=1S/C7H14ClNO2S/c1-3-4-7(9)5-6(2)12(8,10)11/h4,6H,3,5,9H2,1-2H3/b7-4+. The molecule has 0 fully saturated rings. The van der Waals surface area contributed by atoms with Gasteiger partial charge in [-0.15, -0.1) is 0 Å². The third kappa shape index (κ3) is 4.62. The van der Waals surface area contributed by atoms with Gasteiger partial charge in [-0.25, -0.2) is 8.42 Å². The van der Waals surface area contributed by atoms with Crippen LogP contribution in [0.5, 0.6) is 0 Å². The smallest absolute Gasteiger partial charge is 0.235 e. The van der Waals surface area contributed by atoms with Gasteiger partial charge in [0, 0.05) is 22.8 Å². The maximum atomic E-state index is 10.8. The summed E-state index contributed by atoms with van der Waals surface area (Å²) in [6, 6.07) is 0. The van der Waals surface area contributed by atoms with Crippen molar-refractivity contribution < 1.29 is 8.42 Å². The summed E-state index contributed by atoms with van der Waals surface area (Å²) in [6.07, 6.45) is 2.90. The molecule has 0 aromatic carbocycles. The van der Waals surface area contributed by atoms with Gasteiger partial charge in [0.05, 0.1) is 5.25 Å². The first-order valence-electron chi connectivity index (χ1n) is 3.76. The fraction of sp³-hybridized carbons (Fsp3) is 0.714. The van der Waals surface area contributed by atoms with E-state index in [1.807, 2.05) is 6.92 Å². The van der Waals surface area contributed by atoms with Gasteiger partial charge in [-0.1, -0.05) is 13.0 Å². The summed E-state index contributed by atoms with van der Waals surface area (Å²) in [5.74, 6) is 0. The third-order valence-electron chi connectivity index (χ3n) is 1.47. The van der Waals surface area contributed by atoms with Crippen molar-refractivity contribution in [3.8, 4) is 0 Å². The molecule has 0 bridgehead atoms. The Bertz CT molecular complexity index is 259. The predicted molar refractivity (Wildman–Crippen MR) is 51.4 cm³/mol. The molecule has 0 spiro atoms. The second kappa shape index (κ2) is 4.72. The van der Waals surface area contributed by atoms with Crippen molar-refractivity contribution in [3.63, 3.8) is 0 Å². The first-order valence-corrected chi connectivity index (χ1v) is 6.13. The number of allylic oxidation sites excluding steroid dienone is 2. The van der Waals surface area contributed by atoms with E-state index in [1.165, 1.54) is 0 Å². The van der Waals surface area contributed by atoms with Gasteiger partial charge in [0.1, 0.15) is 0 Å². The molecule has 0 radical (unpaired) electrons. The van der Waals surface area contributed by atoms with Gasteiger partial charge < -0.3 is 5.73 Å². The molecule has 0 aromatic heterocycles. The molecule has 3 nitrogen and oxygen atoms in total. The minimum Gasteiger partial charge on any atom is -0.402 e. The fourth-order valence-electron chi connectivity index (χ4n) is 0.777. The van der Waals surface area contributed by atoms with Crippen LogP contribution in [0.3, 0.4) is 0 Å². The second-order valence-electron chi connectivity index (χ2n) is 2.68. The largest absolute Gasteiger partial charge is 0.402 e. The molecular formula is C7H14ClNO2S. The summed E-state index contributed by atoms with van der Waals surface area (Å²) in [5, 5.41) is -0.609. The average molecular weight is 212 g/mol. The molecule has 0 aromatic rings. The molecule has 0 rings (SSSR count). The van der Waals surface area contributed by atoms with Crippen LogP contribution in [0.4, 0.5) is 0 Å². The SMILES string of the molecule is CC/C=C(/N)CC(C)S(=O)(=O)Cl. The van der Waals surface area contributed by atoms with E-state index in [1.54, 1.807) is 13.0 Å². The Morgan fingerprint density at radius 2 is 2.17 bits per heavy atom. The molecule has 1 unspecified atom stereocenters. The Labute approximate surface area is 78.0 Å². The molecule has 12 heavy (non-hydrogen) atoms. The summed E-state index contributed by atoms with van der Waals surface area (Å²) in [6.45, 7) is 3.48. The van der Waals surface area contributed by atoms with Crippen molar-refractivity contribution in [3.05, 3.63) is 11.8 Å². The van der Waals surface area contributed by atoms with Crippen LogP contribution >= 0.6 is 10.7 Å².